The smallest absolute Gasteiger partial charge is 0.255 e. The topological polar surface area (TPSA) is 79.0 Å². The van der Waals surface area contributed by atoms with Gasteiger partial charge in [0.25, 0.3) is 5.56 Å². The summed E-state index contributed by atoms with van der Waals surface area (Å²) in [6.45, 7) is 0. The van der Waals surface area contributed by atoms with Gasteiger partial charge >= 0.3 is 0 Å². The summed E-state index contributed by atoms with van der Waals surface area (Å²) in [5, 5.41) is 0. The third kappa shape index (κ3) is 4.80. The second kappa shape index (κ2) is 8.35. The predicted molar refractivity (Wildman–Crippen MR) is 123 cm³/mol. The van der Waals surface area contributed by atoms with Crippen molar-refractivity contribution in [1.29, 1.82) is 0 Å². The molecule has 32 heavy (non-hydrogen) atoms. The van der Waals surface area contributed by atoms with Gasteiger partial charge in [0.2, 0.25) is 16.4 Å². The molecule has 0 spiro atoms. The van der Waals surface area contributed by atoms with E-state index in [1.807, 2.05) is 6.08 Å². The number of halogens is 2. The summed E-state index contributed by atoms with van der Waals surface area (Å²) in [7, 11) is -3.36. The number of H-pyrrole nitrogens is 1. The Morgan fingerprint density at radius 1 is 1.03 bits per heavy atom. The molecule has 1 fully saturated rings. The van der Waals surface area contributed by atoms with Gasteiger partial charge in [0.15, 0.2) is 0 Å². The van der Waals surface area contributed by atoms with Crippen LogP contribution in [0.2, 0.25) is 0 Å². The van der Waals surface area contributed by atoms with Crippen LogP contribution in [0.4, 0.5) is 14.5 Å². The zero-order chi connectivity index (χ0) is 22.9. The first-order valence-electron chi connectivity index (χ1n) is 10.0. The van der Waals surface area contributed by atoms with E-state index < -0.39 is 21.9 Å². The molecule has 1 aliphatic carbocycles. The maximum Gasteiger partial charge on any atom is 0.255 e. The third-order valence-electron chi connectivity index (χ3n) is 5.55. The van der Waals surface area contributed by atoms with E-state index in [1.165, 1.54) is 6.20 Å². The highest BCUT2D eigenvalue weighted by atomic mass is 32.2. The molecule has 0 unspecified atom stereocenters. The molecule has 0 saturated heterocycles. The molecule has 1 saturated carbocycles. The molecule has 5 nitrogen and oxygen atoms in total. The Morgan fingerprint density at radius 2 is 1.72 bits per heavy atom. The van der Waals surface area contributed by atoms with Crippen LogP contribution >= 0.6 is 0 Å². The fourth-order valence-electron chi connectivity index (χ4n) is 3.68. The van der Waals surface area contributed by atoms with E-state index >= 15 is 0 Å². The molecule has 3 aromatic rings. The highest BCUT2D eigenvalue weighted by molar-refractivity contribution is 7.92. The minimum absolute atomic E-state index is 0.282. The van der Waals surface area contributed by atoms with Gasteiger partial charge in [0.05, 0.1) is 11.7 Å². The molecule has 1 aliphatic rings. The molecule has 0 radical (unpaired) electrons. The van der Waals surface area contributed by atoms with E-state index in [0.717, 1.165) is 11.8 Å². The Balaban J connectivity index is 1.70. The molecule has 0 bridgehead atoms. The van der Waals surface area contributed by atoms with Gasteiger partial charge in [-0.15, -0.1) is 0 Å². The maximum absolute atomic E-state index is 13.8. The first-order chi connectivity index (χ1) is 15.2. The molecule has 4 rings (SSSR count). The Bertz CT molecular complexity index is 1330. The average molecular weight is 457 g/mol. The monoisotopic (exact) mass is 456 g/mol. The molecular weight excluding hydrogens is 434 g/mol. The Labute approximate surface area is 184 Å². The summed E-state index contributed by atoms with van der Waals surface area (Å²) in [5.74, 6) is 0. The fraction of sp³-hybridized carbons (Fsp3) is 0.208. The number of hydrogen-bond donors (Lipinski definition) is 2. The van der Waals surface area contributed by atoms with Crippen molar-refractivity contribution in [3.05, 3.63) is 87.8 Å². The highest BCUT2D eigenvalue weighted by Crippen LogP contribution is 2.53. The first kappa shape index (κ1) is 22.0. The molecule has 0 amide bonds. The fourth-order valence-corrected chi connectivity index (χ4v) is 4.24. The van der Waals surface area contributed by atoms with E-state index in [9.17, 15) is 22.0 Å². The Hall–Kier alpha value is -3.26. The lowest BCUT2D eigenvalue weighted by Gasteiger charge is -2.17. The summed E-state index contributed by atoms with van der Waals surface area (Å²) in [6, 6.07) is 15.4. The number of benzene rings is 2. The van der Waals surface area contributed by atoms with Crippen LogP contribution < -0.4 is 10.3 Å². The van der Waals surface area contributed by atoms with Crippen LogP contribution in [0.1, 0.15) is 29.5 Å². The molecule has 0 aliphatic heterocycles. The number of aromatic nitrogens is 1. The number of hydrogen-bond acceptors (Lipinski definition) is 3. The largest absolute Gasteiger partial charge is 0.329 e. The van der Waals surface area contributed by atoms with Gasteiger partial charge in [-0.25, -0.2) is 17.2 Å². The molecule has 2 N–H and O–H groups in total. The highest BCUT2D eigenvalue weighted by Gasteiger charge is 2.52. The normalized spacial score (nSPS) is 15.2. The maximum atomic E-state index is 13.8. The van der Waals surface area contributed by atoms with Crippen molar-refractivity contribution < 1.29 is 17.2 Å². The number of aromatic amines is 1. The second-order valence-corrected chi connectivity index (χ2v) is 9.79. The third-order valence-corrected chi connectivity index (χ3v) is 6.15. The van der Waals surface area contributed by atoms with Crippen molar-refractivity contribution in [1.82, 2.24) is 4.98 Å². The number of anilines is 1. The lowest BCUT2D eigenvalue weighted by atomic mass is 9.90. The lowest BCUT2D eigenvalue weighted by Crippen LogP contribution is -2.18. The van der Waals surface area contributed by atoms with Gasteiger partial charge in [-0.3, -0.25) is 9.52 Å². The van der Waals surface area contributed by atoms with Gasteiger partial charge < -0.3 is 4.98 Å². The standard InChI is InChI=1S/C24H22F2N2O3S/c1-32(30,31)28-20-8-6-16(7-9-20)4-5-17-13-18(21-3-2-12-27-22(21)29)15-19(14-17)24(10-11-24)23(25)26/h2-9,12-15,23,28H,10-11H2,1H3,(H,27,29)/b5-4+. The number of alkyl halides is 2. The van der Waals surface area contributed by atoms with Gasteiger partial charge in [-0.1, -0.05) is 36.4 Å². The summed E-state index contributed by atoms with van der Waals surface area (Å²) in [6.07, 6.45) is 4.57. The van der Waals surface area contributed by atoms with E-state index in [4.69, 9.17) is 0 Å². The van der Waals surface area contributed by atoms with Gasteiger partial charge in [-0.05, 0) is 65.4 Å². The summed E-state index contributed by atoms with van der Waals surface area (Å²) >= 11 is 0. The van der Waals surface area contributed by atoms with Crippen molar-refractivity contribution in [3.63, 3.8) is 0 Å². The summed E-state index contributed by atoms with van der Waals surface area (Å²) in [5.41, 5.74) is 2.06. The van der Waals surface area contributed by atoms with Crippen molar-refractivity contribution in [2.45, 2.75) is 24.7 Å². The van der Waals surface area contributed by atoms with Crippen molar-refractivity contribution in [3.8, 4) is 11.1 Å². The molecule has 166 valence electrons. The number of nitrogens with one attached hydrogen (secondary N) is 2. The van der Waals surface area contributed by atoms with Crippen LogP contribution in [0, 0.1) is 0 Å². The second-order valence-electron chi connectivity index (χ2n) is 8.04. The minimum Gasteiger partial charge on any atom is -0.329 e. The van der Waals surface area contributed by atoms with Crippen LogP contribution in [0.5, 0.6) is 0 Å². The van der Waals surface area contributed by atoms with E-state index in [2.05, 4.69) is 9.71 Å². The quantitative estimate of drug-likeness (QED) is 0.498. The zero-order valence-corrected chi connectivity index (χ0v) is 18.1. The number of sulfonamides is 1. The predicted octanol–water partition coefficient (Wildman–Crippen LogP) is 4.88. The SMILES string of the molecule is CS(=O)(=O)Nc1ccc(/C=C/c2cc(-c3ccc[nH]c3=O)cc(C3(C(F)F)CC3)c2)cc1. The summed E-state index contributed by atoms with van der Waals surface area (Å²) < 4.78 is 52.6. The minimum atomic E-state index is -3.36. The van der Waals surface area contributed by atoms with Gasteiger partial charge in [0.1, 0.15) is 0 Å². The van der Waals surface area contributed by atoms with Crippen LogP contribution in [0.25, 0.3) is 23.3 Å². The number of rotatable bonds is 7. The molecule has 1 heterocycles. The Kier molecular flexibility index (Phi) is 5.73. The van der Waals surface area contributed by atoms with E-state index in [0.29, 0.717) is 40.8 Å². The Morgan fingerprint density at radius 3 is 2.31 bits per heavy atom. The van der Waals surface area contributed by atoms with E-state index in [-0.39, 0.29) is 5.56 Å². The van der Waals surface area contributed by atoms with Crippen molar-refractivity contribution >= 4 is 27.9 Å². The van der Waals surface area contributed by atoms with Crippen LogP contribution in [-0.2, 0) is 15.4 Å². The average Bonchev–Trinajstić information content (AvgIpc) is 3.55. The van der Waals surface area contributed by atoms with Crippen LogP contribution in [0.3, 0.4) is 0 Å². The lowest BCUT2D eigenvalue weighted by molar-refractivity contribution is 0.102. The summed E-state index contributed by atoms with van der Waals surface area (Å²) in [4.78, 5) is 14.9. The molecule has 1 aromatic heterocycles. The van der Waals surface area contributed by atoms with Crippen LogP contribution in [0.15, 0.2) is 65.6 Å². The molecule has 8 heteroatoms. The van der Waals surface area contributed by atoms with Crippen molar-refractivity contribution in [2.75, 3.05) is 11.0 Å². The molecule has 2 aromatic carbocycles. The zero-order valence-electron chi connectivity index (χ0n) is 17.3. The van der Waals surface area contributed by atoms with Gasteiger partial charge in [0, 0.05) is 17.4 Å². The molecular formula is C24H22F2N2O3S. The van der Waals surface area contributed by atoms with E-state index in [1.54, 1.807) is 60.7 Å². The first-order valence-corrected chi connectivity index (χ1v) is 11.9. The van der Waals surface area contributed by atoms with Gasteiger partial charge in [-0.2, -0.15) is 0 Å². The molecule has 0 atom stereocenters. The van der Waals surface area contributed by atoms with Crippen molar-refractivity contribution in [2.24, 2.45) is 0 Å². The number of pyridine rings is 1. The van der Waals surface area contributed by atoms with Crippen LogP contribution in [-0.4, -0.2) is 26.1 Å².